The highest BCUT2D eigenvalue weighted by atomic mass is 35.5. The third-order valence-electron chi connectivity index (χ3n) is 3.28. The summed E-state index contributed by atoms with van der Waals surface area (Å²) in [7, 11) is 2.04. The van der Waals surface area contributed by atoms with Gasteiger partial charge in [0.2, 0.25) is 0 Å². The zero-order chi connectivity index (χ0) is 12.8. The van der Waals surface area contributed by atoms with Gasteiger partial charge in [0.05, 0.1) is 0 Å². The summed E-state index contributed by atoms with van der Waals surface area (Å²) in [5.74, 6) is 2.36. The van der Waals surface area contributed by atoms with Crippen LogP contribution >= 0.6 is 11.6 Å². The first-order chi connectivity index (χ1) is 8.79. The molecule has 1 aromatic heterocycles. The Morgan fingerprint density at radius 2 is 2.06 bits per heavy atom. The molecule has 1 aromatic carbocycles. The molecule has 18 heavy (non-hydrogen) atoms. The molecule has 2 aromatic rings. The summed E-state index contributed by atoms with van der Waals surface area (Å²) in [4.78, 5) is 4.35. The zero-order valence-corrected chi connectivity index (χ0v) is 11.5. The van der Waals surface area contributed by atoms with E-state index in [0.29, 0.717) is 11.8 Å². The molecule has 0 fully saturated rings. The Morgan fingerprint density at radius 3 is 2.67 bits per heavy atom. The quantitative estimate of drug-likeness (QED) is 0.729. The van der Waals surface area contributed by atoms with Crippen molar-refractivity contribution in [3.05, 3.63) is 54.1 Å². The second-order valence-corrected chi connectivity index (χ2v) is 5.01. The molecule has 2 rings (SSSR count). The van der Waals surface area contributed by atoms with E-state index >= 15 is 0 Å². The molecule has 1 atom stereocenters. The number of hydrogen-bond donors (Lipinski definition) is 0. The van der Waals surface area contributed by atoms with Gasteiger partial charge in [0.1, 0.15) is 5.82 Å². The maximum absolute atomic E-state index is 6.07. The van der Waals surface area contributed by atoms with Crippen molar-refractivity contribution >= 4 is 11.6 Å². The summed E-state index contributed by atoms with van der Waals surface area (Å²) in [5, 5.41) is 0. The van der Waals surface area contributed by atoms with E-state index < -0.39 is 0 Å². The Labute approximate surface area is 114 Å². The molecule has 0 amide bonds. The van der Waals surface area contributed by atoms with Gasteiger partial charge in [0.15, 0.2) is 0 Å². The number of aromatic nitrogens is 2. The average Bonchev–Trinajstić information content (AvgIpc) is 2.81. The van der Waals surface area contributed by atoms with E-state index in [1.807, 2.05) is 25.5 Å². The first kappa shape index (κ1) is 13.2. The van der Waals surface area contributed by atoms with Crippen LogP contribution in [0, 0.1) is 5.92 Å². The monoisotopic (exact) mass is 262 g/mol. The van der Waals surface area contributed by atoms with E-state index in [1.165, 1.54) is 5.56 Å². The van der Waals surface area contributed by atoms with Crippen molar-refractivity contribution in [2.24, 2.45) is 13.0 Å². The number of benzene rings is 1. The molecule has 1 unspecified atom stereocenters. The maximum Gasteiger partial charge on any atom is 0.108 e. The van der Waals surface area contributed by atoms with Crippen molar-refractivity contribution < 1.29 is 0 Å². The molecular weight excluding hydrogens is 244 g/mol. The van der Waals surface area contributed by atoms with Gasteiger partial charge in [0.25, 0.3) is 0 Å². The second kappa shape index (κ2) is 6.60. The molecular formula is C15H19ClN2. The minimum Gasteiger partial charge on any atom is -0.338 e. The first-order valence-corrected chi connectivity index (χ1v) is 6.89. The van der Waals surface area contributed by atoms with Gasteiger partial charge in [-0.2, -0.15) is 0 Å². The minimum absolute atomic E-state index is 0.519. The van der Waals surface area contributed by atoms with Gasteiger partial charge in [0, 0.05) is 31.7 Å². The number of imidazole rings is 1. The molecule has 0 saturated heterocycles. The van der Waals surface area contributed by atoms with Crippen LogP contribution < -0.4 is 0 Å². The lowest BCUT2D eigenvalue weighted by atomic mass is 9.96. The van der Waals surface area contributed by atoms with E-state index in [2.05, 4.69) is 33.8 Å². The Morgan fingerprint density at radius 1 is 1.28 bits per heavy atom. The van der Waals surface area contributed by atoms with Gasteiger partial charge in [-0.25, -0.2) is 4.98 Å². The summed E-state index contributed by atoms with van der Waals surface area (Å²) in [6, 6.07) is 10.5. The maximum atomic E-state index is 6.07. The average molecular weight is 263 g/mol. The molecule has 0 bridgehead atoms. The van der Waals surface area contributed by atoms with Crippen molar-refractivity contribution in [1.82, 2.24) is 9.55 Å². The standard InChI is InChI=1S/C15H19ClN2/c1-18-10-9-17-15(18)8-7-14(12-16)11-13-5-3-2-4-6-13/h2-6,9-10,14H,7-8,11-12H2,1H3. The lowest BCUT2D eigenvalue weighted by Gasteiger charge is -2.13. The number of aryl methyl sites for hydroxylation is 2. The highest BCUT2D eigenvalue weighted by Gasteiger charge is 2.10. The van der Waals surface area contributed by atoms with Gasteiger partial charge < -0.3 is 4.57 Å². The fraction of sp³-hybridized carbons (Fsp3) is 0.400. The molecule has 2 nitrogen and oxygen atoms in total. The van der Waals surface area contributed by atoms with Crippen LogP contribution in [-0.2, 0) is 19.9 Å². The molecule has 0 radical (unpaired) electrons. The summed E-state index contributed by atoms with van der Waals surface area (Å²) >= 11 is 6.07. The molecule has 96 valence electrons. The van der Waals surface area contributed by atoms with Gasteiger partial charge in [-0.05, 0) is 24.3 Å². The van der Waals surface area contributed by atoms with Crippen LogP contribution in [0.25, 0.3) is 0 Å². The predicted molar refractivity (Wildman–Crippen MR) is 75.9 cm³/mol. The number of hydrogen-bond acceptors (Lipinski definition) is 1. The summed E-state index contributed by atoms with van der Waals surface area (Å²) in [6.07, 6.45) is 6.97. The lowest BCUT2D eigenvalue weighted by Crippen LogP contribution is -2.09. The lowest BCUT2D eigenvalue weighted by molar-refractivity contribution is 0.523. The Bertz CT molecular complexity index is 464. The van der Waals surface area contributed by atoms with Gasteiger partial charge in [-0.15, -0.1) is 11.6 Å². The van der Waals surface area contributed by atoms with E-state index in [4.69, 9.17) is 11.6 Å². The molecule has 3 heteroatoms. The van der Waals surface area contributed by atoms with Crippen molar-refractivity contribution in [1.29, 1.82) is 0 Å². The van der Waals surface area contributed by atoms with Crippen LogP contribution in [0.15, 0.2) is 42.7 Å². The van der Waals surface area contributed by atoms with E-state index in [0.717, 1.165) is 25.1 Å². The smallest absolute Gasteiger partial charge is 0.108 e. The zero-order valence-electron chi connectivity index (χ0n) is 10.7. The minimum atomic E-state index is 0.519. The Hall–Kier alpha value is -1.28. The van der Waals surface area contributed by atoms with Crippen molar-refractivity contribution in [2.75, 3.05) is 5.88 Å². The van der Waals surface area contributed by atoms with Crippen LogP contribution in [0.5, 0.6) is 0 Å². The van der Waals surface area contributed by atoms with Gasteiger partial charge >= 0.3 is 0 Å². The van der Waals surface area contributed by atoms with E-state index in [-0.39, 0.29) is 0 Å². The summed E-state index contributed by atoms with van der Waals surface area (Å²) < 4.78 is 2.08. The van der Waals surface area contributed by atoms with Crippen LogP contribution in [0.4, 0.5) is 0 Å². The summed E-state index contributed by atoms with van der Waals surface area (Å²) in [6.45, 7) is 0. The van der Waals surface area contributed by atoms with Crippen molar-refractivity contribution in [3.8, 4) is 0 Å². The molecule has 0 spiro atoms. The third kappa shape index (κ3) is 3.61. The Balaban J connectivity index is 1.88. The molecule has 0 aliphatic carbocycles. The van der Waals surface area contributed by atoms with Gasteiger partial charge in [-0.1, -0.05) is 30.3 Å². The predicted octanol–water partition coefficient (Wildman–Crippen LogP) is 3.45. The van der Waals surface area contributed by atoms with Crippen LogP contribution in [0.3, 0.4) is 0 Å². The molecule has 0 aliphatic rings. The van der Waals surface area contributed by atoms with Crippen molar-refractivity contribution in [3.63, 3.8) is 0 Å². The summed E-state index contributed by atoms with van der Waals surface area (Å²) in [5.41, 5.74) is 1.36. The van der Waals surface area contributed by atoms with Crippen LogP contribution in [0.2, 0.25) is 0 Å². The fourth-order valence-electron chi connectivity index (χ4n) is 2.15. The fourth-order valence-corrected chi connectivity index (χ4v) is 2.42. The van der Waals surface area contributed by atoms with E-state index in [9.17, 15) is 0 Å². The normalized spacial score (nSPS) is 12.6. The van der Waals surface area contributed by atoms with Crippen molar-refractivity contribution in [2.45, 2.75) is 19.3 Å². The highest BCUT2D eigenvalue weighted by Crippen LogP contribution is 2.16. The number of alkyl halides is 1. The van der Waals surface area contributed by atoms with Crippen LogP contribution in [-0.4, -0.2) is 15.4 Å². The van der Waals surface area contributed by atoms with Gasteiger partial charge in [-0.3, -0.25) is 0 Å². The SMILES string of the molecule is Cn1ccnc1CCC(CCl)Cc1ccccc1. The third-order valence-corrected chi connectivity index (χ3v) is 3.72. The number of nitrogens with zero attached hydrogens (tertiary/aromatic N) is 2. The molecule has 1 heterocycles. The first-order valence-electron chi connectivity index (χ1n) is 6.35. The number of rotatable bonds is 6. The van der Waals surface area contributed by atoms with E-state index in [1.54, 1.807) is 0 Å². The molecule has 0 N–H and O–H groups in total. The topological polar surface area (TPSA) is 17.8 Å². The number of halogens is 1. The van der Waals surface area contributed by atoms with Crippen LogP contribution in [0.1, 0.15) is 17.8 Å². The molecule has 0 saturated carbocycles. The molecule has 0 aliphatic heterocycles. The highest BCUT2D eigenvalue weighted by molar-refractivity contribution is 6.18. The largest absolute Gasteiger partial charge is 0.338 e. The second-order valence-electron chi connectivity index (χ2n) is 4.70. The Kier molecular flexibility index (Phi) is 4.82.